The van der Waals surface area contributed by atoms with Gasteiger partial charge in [0.2, 0.25) is 11.8 Å². The molecule has 0 radical (unpaired) electrons. The largest absolute Gasteiger partial charge is 0.467 e. The molecule has 1 aliphatic carbocycles. The number of amides is 3. The Labute approximate surface area is 287 Å². The fourth-order valence-corrected chi connectivity index (χ4v) is 6.50. The molecule has 12 nitrogen and oxygen atoms in total. The second-order valence-corrected chi connectivity index (χ2v) is 13.6. The second-order valence-electron chi connectivity index (χ2n) is 12.7. The van der Waals surface area contributed by atoms with Gasteiger partial charge in [0.05, 0.1) is 7.11 Å². The number of nitrogens with zero attached hydrogens (tertiary/aromatic N) is 2. The van der Waals surface area contributed by atoms with Gasteiger partial charge < -0.3 is 30.3 Å². The smallest absolute Gasteiger partial charge is 0.328 e. The Hall–Kier alpha value is -3.84. The number of methoxy groups -OCH3 is 1. The standard InChI is InChI=1S/C35H51N5O7S/c1-22(2)28(40(5)34(44)31(25-16-17-25)39-30(42)15-11-8-12-18-36-4)20-29(47-23(3)41)33-38-27(21-48-33)32(43)37-26(35(45)46-6)19-24-13-9-7-10-14-24/h7,9-10,13-14,21-22,25-26,28-29,31,36H,8,11-12,15-20H2,1-6H3,(H,37,43)(H,39,42)/t26-,28?,29?,31-/m0/s1. The molecule has 1 aromatic heterocycles. The third kappa shape index (κ3) is 12.0. The SMILES string of the molecule is CNCCCCCC(=O)N[C@H](C(=O)N(C)C(CC(OC(C)=O)c1nc(C(=O)N[C@@H](Cc2ccccc2)C(=O)OC)cs1)C(C)C)C1CC1. The van der Waals surface area contributed by atoms with E-state index in [0.717, 1.165) is 55.5 Å². The van der Waals surface area contributed by atoms with E-state index < -0.39 is 36.0 Å². The summed E-state index contributed by atoms with van der Waals surface area (Å²) in [5, 5.41) is 10.8. The van der Waals surface area contributed by atoms with Crippen LogP contribution in [0.15, 0.2) is 35.7 Å². The van der Waals surface area contributed by atoms with E-state index in [4.69, 9.17) is 9.47 Å². The highest BCUT2D eigenvalue weighted by Crippen LogP contribution is 2.35. The molecule has 2 unspecified atom stereocenters. The number of aromatic nitrogens is 1. The second kappa shape index (κ2) is 19.2. The predicted octanol–water partition coefficient (Wildman–Crippen LogP) is 3.81. The molecule has 0 saturated heterocycles. The van der Waals surface area contributed by atoms with Crippen molar-refractivity contribution in [2.24, 2.45) is 11.8 Å². The van der Waals surface area contributed by atoms with E-state index in [9.17, 15) is 24.0 Å². The molecular formula is C35H51N5O7S. The number of benzene rings is 1. The zero-order valence-electron chi connectivity index (χ0n) is 29.0. The van der Waals surface area contributed by atoms with Gasteiger partial charge >= 0.3 is 11.9 Å². The minimum absolute atomic E-state index is 0.0266. The van der Waals surface area contributed by atoms with Crippen molar-refractivity contribution >= 4 is 41.0 Å². The summed E-state index contributed by atoms with van der Waals surface area (Å²) in [5.41, 5.74) is 0.922. The van der Waals surface area contributed by atoms with E-state index in [1.807, 2.05) is 51.2 Å². The van der Waals surface area contributed by atoms with E-state index in [1.54, 1.807) is 17.3 Å². The third-order valence-electron chi connectivity index (χ3n) is 8.49. The van der Waals surface area contributed by atoms with E-state index in [-0.39, 0.29) is 48.2 Å². The minimum Gasteiger partial charge on any atom is -0.467 e. The average molecular weight is 686 g/mol. The van der Waals surface area contributed by atoms with Crippen LogP contribution < -0.4 is 16.0 Å². The van der Waals surface area contributed by atoms with Gasteiger partial charge in [-0.05, 0) is 56.7 Å². The molecule has 3 rings (SSSR count). The van der Waals surface area contributed by atoms with Crippen LogP contribution >= 0.6 is 11.3 Å². The van der Waals surface area contributed by atoms with Crippen molar-refractivity contribution in [2.75, 3.05) is 27.7 Å². The van der Waals surface area contributed by atoms with E-state index in [0.29, 0.717) is 11.4 Å². The van der Waals surface area contributed by atoms with Gasteiger partial charge in [0.1, 0.15) is 22.8 Å². The first-order valence-corrected chi connectivity index (χ1v) is 17.6. The van der Waals surface area contributed by atoms with Crippen molar-refractivity contribution in [3.05, 3.63) is 52.0 Å². The Morgan fingerprint density at radius 1 is 1.04 bits per heavy atom. The number of hydrogen-bond acceptors (Lipinski definition) is 10. The van der Waals surface area contributed by atoms with Crippen molar-refractivity contribution < 1.29 is 33.4 Å². The number of carbonyl (C=O) groups excluding carboxylic acids is 5. The first kappa shape index (κ1) is 38.6. The molecule has 0 aliphatic heterocycles. The predicted molar refractivity (Wildman–Crippen MR) is 183 cm³/mol. The quantitative estimate of drug-likeness (QED) is 0.139. The Bertz CT molecular complexity index is 1360. The maximum absolute atomic E-state index is 13.9. The van der Waals surface area contributed by atoms with Crippen LogP contribution in [-0.2, 0) is 35.1 Å². The number of carbonyl (C=O) groups is 5. The molecule has 13 heteroatoms. The van der Waals surface area contributed by atoms with Gasteiger partial charge in [0.25, 0.3) is 5.91 Å². The lowest BCUT2D eigenvalue weighted by atomic mass is 9.95. The van der Waals surface area contributed by atoms with Gasteiger partial charge in [-0.1, -0.05) is 50.6 Å². The van der Waals surface area contributed by atoms with E-state index in [2.05, 4.69) is 20.9 Å². The zero-order valence-corrected chi connectivity index (χ0v) is 29.8. The summed E-state index contributed by atoms with van der Waals surface area (Å²) in [5.74, 6) is -1.90. The van der Waals surface area contributed by atoms with Crippen molar-refractivity contribution in [3.63, 3.8) is 0 Å². The normalized spacial score (nSPS) is 15.1. The topological polar surface area (TPSA) is 156 Å². The highest BCUT2D eigenvalue weighted by molar-refractivity contribution is 7.09. The van der Waals surface area contributed by atoms with Crippen LogP contribution in [0.25, 0.3) is 0 Å². The molecule has 48 heavy (non-hydrogen) atoms. The lowest BCUT2D eigenvalue weighted by molar-refractivity contribution is -0.149. The number of esters is 2. The van der Waals surface area contributed by atoms with Crippen molar-refractivity contribution in [3.8, 4) is 0 Å². The molecule has 1 fully saturated rings. The van der Waals surface area contributed by atoms with Gasteiger partial charge in [0, 0.05) is 44.7 Å². The number of nitrogens with one attached hydrogen (secondary N) is 3. The number of ether oxygens (including phenoxy) is 2. The summed E-state index contributed by atoms with van der Waals surface area (Å²) in [6.07, 6.45) is 4.46. The van der Waals surface area contributed by atoms with Crippen LogP contribution in [0.5, 0.6) is 0 Å². The van der Waals surface area contributed by atoms with Gasteiger partial charge in [-0.15, -0.1) is 11.3 Å². The molecule has 264 valence electrons. The molecule has 4 atom stereocenters. The van der Waals surface area contributed by atoms with Gasteiger partial charge in [-0.2, -0.15) is 0 Å². The zero-order chi connectivity index (χ0) is 35.2. The number of likely N-dealkylation sites (N-methyl/N-ethyl adjacent to an activating group) is 1. The highest BCUT2D eigenvalue weighted by Gasteiger charge is 2.41. The number of rotatable bonds is 20. The molecular weight excluding hydrogens is 634 g/mol. The monoisotopic (exact) mass is 685 g/mol. The summed E-state index contributed by atoms with van der Waals surface area (Å²) in [6.45, 7) is 6.17. The van der Waals surface area contributed by atoms with Crippen LogP contribution in [-0.4, -0.2) is 85.4 Å². The van der Waals surface area contributed by atoms with Gasteiger partial charge in [-0.3, -0.25) is 19.2 Å². The van der Waals surface area contributed by atoms with Crippen LogP contribution in [0.3, 0.4) is 0 Å². The molecule has 1 aromatic carbocycles. The maximum atomic E-state index is 13.9. The average Bonchev–Trinajstić information content (AvgIpc) is 3.78. The number of unbranched alkanes of at least 4 members (excludes halogenated alkanes) is 2. The summed E-state index contributed by atoms with van der Waals surface area (Å²) in [7, 11) is 4.88. The van der Waals surface area contributed by atoms with Crippen molar-refractivity contribution in [1.29, 1.82) is 0 Å². The fourth-order valence-electron chi connectivity index (χ4n) is 5.66. The maximum Gasteiger partial charge on any atom is 0.328 e. The molecule has 1 saturated carbocycles. The molecule has 2 aromatic rings. The molecule has 1 heterocycles. The van der Waals surface area contributed by atoms with E-state index >= 15 is 0 Å². The summed E-state index contributed by atoms with van der Waals surface area (Å²) < 4.78 is 10.6. The lowest BCUT2D eigenvalue weighted by Crippen LogP contribution is -2.52. The first-order chi connectivity index (χ1) is 22.9. The Morgan fingerprint density at radius 3 is 2.35 bits per heavy atom. The summed E-state index contributed by atoms with van der Waals surface area (Å²) >= 11 is 1.16. The highest BCUT2D eigenvalue weighted by atomic mass is 32.1. The molecule has 0 spiro atoms. The Kier molecular flexibility index (Phi) is 15.5. The third-order valence-corrected chi connectivity index (χ3v) is 9.43. The fraction of sp³-hybridized carbons (Fsp3) is 0.600. The molecule has 3 amide bonds. The first-order valence-electron chi connectivity index (χ1n) is 16.7. The van der Waals surface area contributed by atoms with Gasteiger partial charge in [-0.25, -0.2) is 9.78 Å². The Balaban J connectivity index is 1.72. The molecule has 3 N–H and O–H groups in total. The van der Waals surface area contributed by atoms with E-state index in [1.165, 1.54) is 14.0 Å². The van der Waals surface area contributed by atoms with Crippen LogP contribution in [0.2, 0.25) is 0 Å². The summed E-state index contributed by atoms with van der Waals surface area (Å²) in [6, 6.07) is 7.37. The van der Waals surface area contributed by atoms with Crippen LogP contribution in [0, 0.1) is 11.8 Å². The minimum atomic E-state index is -0.928. The van der Waals surface area contributed by atoms with Crippen molar-refractivity contribution in [2.45, 2.75) is 96.4 Å². The number of hydrogen-bond donors (Lipinski definition) is 3. The Morgan fingerprint density at radius 2 is 1.75 bits per heavy atom. The van der Waals surface area contributed by atoms with Crippen LogP contribution in [0.1, 0.15) is 92.9 Å². The van der Waals surface area contributed by atoms with Gasteiger partial charge in [0.15, 0.2) is 6.10 Å². The van der Waals surface area contributed by atoms with Crippen molar-refractivity contribution in [1.82, 2.24) is 25.8 Å². The lowest BCUT2D eigenvalue weighted by Gasteiger charge is -2.35. The molecule has 0 bridgehead atoms. The van der Waals surface area contributed by atoms with Crippen LogP contribution in [0.4, 0.5) is 0 Å². The number of thiazole rings is 1. The summed E-state index contributed by atoms with van der Waals surface area (Å²) in [4.78, 5) is 70.7. The molecule has 1 aliphatic rings.